The molecule has 134 valence electrons. The second kappa shape index (κ2) is 10.1. The maximum absolute atomic E-state index is 5.93. The number of halogens is 1. The molecule has 0 unspecified atom stereocenters. The van der Waals surface area contributed by atoms with Crippen LogP contribution in [-0.4, -0.2) is 29.0 Å². The molecule has 3 rings (SSSR count). The molecule has 0 aromatic heterocycles. The minimum atomic E-state index is 0.448. The number of benzene rings is 2. The first-order chi connectivity index (χ1) is 12.3. The van der Waals surface area contributed by atoms with E-state index < -0.39 is 0 Å². The summed E-state index contributed by atoms with van der Waals surface area (Å²) in [6.07, 6.45) is 5.26. The highest BCUT2D eigenvalue weighted by Gasteiger charge is 2.26. The van der Waals surface area contributed by atoms with Crippen LogP contribution in [0.2, 0.25) is 0 Å². The lowest BCUT2D eigenvalue weighted by Crippen LogP contribution is -2.38. The molecule has 1 aliphatic carbocycles. The van der Waals surface area contributed by atoms with E-state index in [-0.39, 0.29) is 0 Å². The van der Waals surface area contributed by atoms with E-state index in [0.29, 0.717) is 12.1 Å². The molecule has 1 aliphatic rings. The van der Waals surface area contributed by atoms with Crippen molar-refractivity contribution < 1.29 is 4.74 Å². The van der Waals surface area contributed by atoms with Crippen LogP contribution >= 0.6 is 15.9 Å². The van der Waals surface area contributed by atoms with Crippen molar-refractivity contribution in [1.29, 1.82) is 0 Å². The van der Waals surface area contributed by atoms with Crippen LogP contribution in [0.15, 0.2) is 60.7 Å². The van der Waals surface area contributed by atoms with E-state index >= 15 is 0 Å². The third-order valence-corrected chi connectivity index (χ3v) is 5.37. The molecular weight excluding hydrogens is 374 g/mol. The minimum absolute atomic E-state index is 0.448. The van der Waals surface area contributed by atoms with Crippen LogP contribution in [-0.2, 0) is 17.8 Å². The molecule has 0 bridgehead atoms. The molecule has 0 amide bonds. The Morgan fingerprint density at radius 2 is 1.32 bits per heavy atom. The van der Waals surface area contributed by atoms with Crippen LogP contribution in [0.1, 0.15) is 36.8 Å². The molecule has 0 N–H and O–H groups in total. The van der Waals surface area contributed by atoms with Crippen LogP contribution in [0.5, 0.6) is 0 Å². The molecule has 2 nitrogen and oxygen atoms in total. The molecule has 2 aromatic carbocycles. The Hall–Kier alpha value is -1.16. The predicted octanol–water partition coefficient (Wildman–Crippen LogP) is 5.41. The summed E-state index contributed by atoms with van der Waals surface area (Å²) in [5.74, 6) is 0. The van der Waals surface area contributed by atoms with Crippen molar-refractivity contribution in [3.8, 4) is 0 Å². The van der Waals surface area contributed by atoms with Gasteiger partial charge in [-0.1, -0.05) is 76.6 Å². The Balaban J connectivity index is 1.64. The largest absolute Gasteiger partial charge is 0.377 e. The van der Waals surface area contributed by atoms with E-state index in [9.17, 15) is 0 Å². The first kappa shape index (κ1) is 18.6. The summed E-state index contributed by atoms with van der Waals surface area (Å²) in [7, 11) is 0. The van der Waals surface area contributed by atoms with E-state index in [1.165, 1.54) is 36.8 Å². The summed E-state index contributed by atoms with van der Waals surface area (Å²) in [6.45, 7) is 2.87. The fourth-order valence-electron chi connectivity index (χ4n) is 3.74. The van der Waals surface area contributed by atoms with Crippen molar-refractivity contribution >= 4 is 15.9 Å². The molecule has 0 spiro atoms. The number of hydrogen-bond acceptors (Lipinski definition) is 2. The quantitative estimate of drug-likeness (QED) is 0.548. The maximum Gasteiger partial charge on any atom is 0.0576 e. The summed E-state index contributed by atoms with van der Waals surface area (Å²) >= 11 is 3.45. The summed E-state index contributed by atoms with van der Waals surface area (Å²) in [6, 6.07) is 22.3. The van der Waals surface area contributed by atoms with Gasteiger partial charge in [0.1, 0.15) is 0 Å². The van der Waals surface area contributed by atoms with Crippen LogP contribution in [0, 0.1) is 0 Å². The Morgan fingerprint density at radius 1 is 0.800 bits per heavy atom. The molecule has 0 aliphatic heterocycles. The zero-order valence-electron chi connectivity index (χ0n) is 14.8. The molecule has 25 heavy (non-hydrogen) atoms. The molecular formula is C22H28BrNO. The highest BCUT2D eigenvalue weighted by molar-refractivity contribution is 9.09. The van der Waals surface area contributed by atoms with E-state index in [0.717, 1.165) is 25.0 Å². The maximum atomic E-state index is 5.93. The summed E-state index contributed by atoms with van der Waals surface area (Å²) in [5.41, 5.74) is 2.80. The van der Waals surface area contributed by atoms with Gasteiger partial charge in [0.25, 0.3) is 0 Å². The number of rotatable bonds is 8. The molecule has 1 saturated carbocycles. The van der Waals surface area contributed by atoms with Gasteiger partial charge in [-0.15, -0.1) is 0 Å². The smallest absolute Gasteiger partial charge is 0.0576 e. The lowest BCUT2D eigenvalue weighted by molar-refractivity contribution is 0.0120. The summed E-state index contributed by atoms with van der Waals surface area (Å²) in [4.78, 5) is 2.66. The first-order valence-electron chi connectivity index (χ1n) is 9.34. The molecule has 0 heterocycles. The highest BCUT2D eigenvalue weighted by atomic mass is 79.9. The lowest BCUT2D eigenvalue weighted by atomic mass is 9.91. The van der Waals surface area contributed by atoms with Crippen molar-refractivity contribution in [3.63, 3.8) is 0 Å². The Bertz CT molecular complexity index is 554. The van der Waals surface area contributed by atoms with E-state index in [1.54, 1.807) is 0 Å². The van der Waals surface area contributed by atoms with Crippen LogP contribution < -0.4 is 0 Å². The van der Waals surface area contributed by atoms with Crippen molar-refractivity contribution in [1.82, 2.24) is 4.90 Å². The molecule has 0 radical (unpaired) electrons. The van der Waals surface area contributed by atoms with Gasteiger partial charge in [-0.05, 0) is 36.8 Å². The highest BCUT2D eigenvalue weighted by Crippen LogP contribution is 2.27. The topological polar surface area (TPSA) is 12.5 Å². The summed E-state index contributed by atoms with van der Waals surface area (Å²) < 4.78 is 5.93. The number of alkyl halides is 1. The average Bonchev–Trinajstić information content (AvgIpc) is 2.68. The van der Waals surface area contributed by atoms with Crippen molar-refractivity contribution in [2.24, 2.45) is 0 Å². The summed E-state index contributed by atoms with van der Waals surface area (Å²) in [5, 5.41) is 0.932. The molecule has 0 saturated heterocycles. The lowest BCUT2D eigenvalue weighted by Gasteiger charge is -2.37. The van der Waals surface area contributed by atoms with Gasteiger partial charge >= 0.3 is 0 Å². The number of nitrogens with zero attached hydrogens (tertiary/aromatic N) is 1. The SMILES string of the molecule is BrCCOC1CCC(N(Cc2ccccc2)Cc2ccccc2)CC1. The average molecular weight is 402 g/mol. The van der Waals surface area contributed by atoms with Crippen LogP contribution in [0.3, 0.4) is 0 Å². The van der Waals surface area contributed by atoms with Crippen LogP contribution in [0.25, 0.3) is 0 Å². The van der Waals surface area contributed by atoms with Crippen molar-refractivity contribution in [2.45, 2.75) is 50.9 Å². The third kappa shape index (κ3) is 5.95. The van der Waals surface area contributed by atoms with E-state index in [1.807, 2.05) is 0 Å². The predicted molar refractivity (Wildman–Crippen MR) is 108 cm³/mol. The van der Waals surface area contributed by atoms with Gasteiger partial charge in [-0.2, -0.15) is 0 Å². The van der Waals surface area contributed by atoms with E-state index in [4.69, 9.17) is 4.74 Å². The standard InChI is InChI=1S/C22H28BrNO/c23-15-16-25-22-13-11-21(12-14-22)24(17-19-7-3-1-4-8-19)18-20-9-5-2-6-10-20/h1-10,21-22H,11-18H2. The van der Waals surface area contributed by atoms with Gasteiger partial charge < -0.3 is 4.74 Å². The molecule has 2 aromatic rings. The molecule has 1 fully saturated rings. The fraction of sp³-hybridized carbons (Fsp3) is 0.455. The monoisotopic (exact) mass is 401 g/mol. The Labute approximate surface area is 160 Å². The van der Waals surface area contributed by atoms with Gasteiger partial charge in [0.15, 0.2) is 0 Å². The number of ether oxygens (including phenoxy) is 1. The molecule has 3 heteroatoms. The van der Waals surface area contributed by atoms with Crippen LogP contribution in [0.4, 0.5) is 0 Å². The van der Waals surface area contributed by atoms with Gasteiger partial charge in [0.2, 0.25) is 0 Å². The Kier molecular flexibility index (Phi) is 7.53. The third-order valence-electron chi connectivity index (χ3n) is 5.05. The van der Waals surface area contributed by atoms with Crippen molar-refractivity contribution in [3.05, 3.63) is 71.8 Å². The van der Waals surface area contributed by atoms with Crippen molar-refractivity contribution in [2.75, 3.05) is 11.9 Å². The van der Waals surface area contributed by atoms with E-state index in [2.05, 4.69) is 81.5 Å². The fourth-order valence-corrected chi connectivity index (χ4v) is 3.93. The van der Waals surface area contributed by atoms with Gasteiger partial charge in [-0.3, -0.25) is 4.90 Å². The zero-order valence-corrected chi connectivity index (χ0v) is 16.4. The normalized spacial score (nSPS) is 20.7. The van der Waals surface area contributed by atoms with Gasteiger partial charge in [-0.25, -0.2) is 0 Å². The van der Waals surface area contributed by atoms with Gasteiger partial charge in [0, 0.05) is 24.5 Å². The second-order valence-corrected chi connectivity index (χ2v) is 7.66. The minimum Gasteiger partial charge on any atom is -0.377 e. The number of hydrogen-bond donors (Lipinski definition) is 0. The first-order valence-corrected chi connectivity index (χ1v) is 10.5. The second-order valence-electron chi connectivity index (χ2n) is 6.87. The molecule has 0 atom stereocenters. The Morgan fingerprint density at radius 3 is 1.80 bits per heavy atom. The van der Waals surface area contributed by atoms with Gasteiger partial charge in [0.05, 0.1) is 12.7 Å². The zero-order chi connectivity index (χ0) is 17.3.